The van der Waals surface area contributed by atoms with Crippen LogP contribution in [0.3, 0.4) is 0 Å². The molecule has 0 atom stereocenters. The van der Waals surface area contributed by atoms with E-state index in [9.17, 15) is 4.79 Å². The lowest BCUT2D eigenvalue weighted by Crippen LogP contribution is -3.00. The average Bonchev–Trinajstić information content (AvgIpc) is 2.48. The van der Waals surface area contributed by atoms with E-state index in [2.05, 4.69) is 41.2 Å². The van der Waals surface area contributed by atoms with Gasteiger partial charge in [0.25, 0.3) is 0 Å². The quantitative estimate of drug-likeness (QED) is 0.407. The summed E-state index contributed by atoms with van der Waals surface area (Å²) in [5, 5.41) is 8.58. The maximum atomic E-state index is 10.4. The fourth-order valence-electron chi connectivity index (χ4n) is 2.24. The van der Waals surface area contributed by atoms with E-state index in [1.54, 1.807) is 0 Å². The Balaban J connectivity index is 0.00000242. The van der Waals surface area contributed by atoms with Gasteiger partial charge in [0.2, 0.25) is 0 Å². The summed E-state index contributed by atoms with van der Waals surface area (Å²) in [5.41, 5.74) is 2.42. The molecule has 2 rings (SSSR count). The van der Waals surface area contributed by atoms with E-state index in [1.807, 2.05) is 24.0 Å². The molecule has 0 saturated heterocycles. The molecule has 0 saturated carbocycles. The van der Waals surface area contributed by atoms with Crippen molar-refractivity contribution in [3.05, 3.63) is 49.1 Å². The van der Waals surface area contributed by atoms with Crippen LogP contribution >= 0.6 is 0 Å². The minimum absolute atomic E-state index is 0. The molecule has 0 aromatic carbocycles. The fourth-order valence-corrected chi connectivity index (χ4v) is 2.24. The van der Waals surface area contributed by atoms with Gasteiger partial charge in [0.05, 0.1) is 0 Å². The summed E-state index contributed by atoms with van der Waals surface area (Å²) in [6.45, 7) is 0.934. The molecule has 2 aromatic heterocycles. The van der Waals surface area contributed by atoms with Crippen LogP contribution in [-0.2, 0) is 18.4 Å². The largest absolute Gasteiger partial charge is 1.00 e. The van der Waals surface area contributed by atoms with Gasteiger partial charge in [-0.05, 0) is 24.0 Å². The monoisotopic (exact) mass is 356 g/mol. The van der Waals surface area contributed by atoms with Gasteiger partial charge in [0.15, 0.2) is 24.8 Å². The molecule has 0 radical (unpaired) electrons. The first-order valence-corrected chi connectivity index (χ1v) is 7.32. The molecule has 6 heteroatoms. The molecule has 2 aromatic rings. The highest BCUT2D eigenvalue weighted by Crippen LogP contribution is 2.15. The number of carbonyl (C=O) groups is 1. The molecule has 0 unspecified atom stereocenters. The van der Waals surface area contributed by atoms with Gasteiger partial charge in [-0.25, -0.2) is 9.13 Å². The molecular weight excluding hydrogens is 335 g/mol. The zero-order chi connectivity index (χ0) is 15.1. The number of carboxylic acid groups (broad SMARTS) is 1. The second kappa shape index (κ2) is 11.0. The predicted octanol–water partition coefficient (Wildman–Crippen LogP) is -3.88. The molecule has 4 nitrogen and oxygen atoms in total. The third-order valence-corrected chi connectivity index (χ3v) is 3.51. The topological polar surface area (TPSA) is 45.1 Å². The number of nitrogens with zero attached hydrogens (tertiary/aromatic N) is 2. The number of hydrogen-bond acceptors (Lipinski definition) is 1. The molecule has 0 bridgehead atoms. The number of unbranched alkanes of at least 4 members (excludes halogenated alkanes) is 2. The Morgan fingerprint density at radius 1 is 0.913 bits per heavy atom. The van der Waals surface area contributed by atoms with Gasteiger partial charge in [0.1, 0.15) is 13.6 Å². The highest BCUT2D eigenvalue weighted by molar-refractivity contribution is 5.66. The Morgan fingerprint density at radius 2 is 1.43 bits per heavy atom. The molecule has 0 aliphatic carbocycles. The number of pyridine rings is 2. The van der Waals surface area contributed by atoms with E-state index in [-0.39, 0.29) is 31.2 Å². The molecular formula is C17H22Cl2N2O2. The Hall–Kier alpha value is -1.65. The van der Waals surface area contributed by atoms with Gasteiger partial charge in [-0.3, -0.25) is 4.79 Å². The van der Waals surface area contributed by atoms with Crippen molar-refractivity contribution in [2.45, 2.75) is 32.2 Å². The highest BCUT2D eigenvalue weighted by Gasteiger charge is 2.04. The number of aryl methyl sites for hydroxylation is 2. The van der Waals surface area contributed by atoms with Crippen molar-refractivity contribution in [3.8, 4) is 11.1 Å². The number of halogens is 2. The van der Waals surface area contributed by atoms with Gasteiger partial charge in [-0.15, -0.1) is 0 Å². The summed E-state index contributed by atoms with van der Waals surface area (Å²) in [7, 11) is 2.01. The SMILES string of the molecule is C[n+]1ccc(-c2cc[n+](CCCCCC(=O)O)cc2)cc1.[Cl-].[Cl-]. The molecule has 1 N–H and O–H groups in total. The number of hydrogen-bond donors (Lipinski definition) is 1. The Labute approximate surface area is 149 Å². The van der Waals surface area contributed by atoms with E-state index >= 15 is 0 Å². The Kier molecular flexibility index (Phi) is 10.2. The van der Waals surface area contributed by atoms with Crippen molar-refractivity contribution < 1.29 is 43.8 Å². The second-order valence-electron chi connectivity index (χ2n) is 5.28. The molecule has 0 aliphatic heterocycles. The normalized spacial score (nSPS) is 9.61. The highest BCUT2D eigenvalue weighted by atomic mass is 35.5. The summed E-state index contributed by atoms with van der Waals surface area (Å²) in [4.78, 5) is 10.4. The van der Waals surface area contributed by atoms with Crippen LogP contribution in [0.5, 0.6) is 0 Å². The lowest BCUT2D eigenvalue weighted by atomic mass is 10.1. The van der Waals surface area contributed by atoms with Crippen LogP contribution in [0, 0.1) is 0 Å². The van der Waals surface area contributed by atoms with Crippen LogP contribution in [0.4, 0.5) is 0 Å². The van der Waals surface area contributed by atoms with Crippen LogP contribution in [0.15, 0.2) is 49.1 Å². The third kappa shape index (κ3) is 7.44. The van der Waals surface area contributed by atoms with Gasteiger partial charge >= 0.3 is 5.97 Å². The average molecular weight is 357 g/mol. The lowest BCUT2D eigenvalue weighted by Gasteiger charge is -2.01. The first-order valence-electron chi connectivity index (χ1n) is 7.32. The predicted molar refractivity (Wildman–Crippen MR) is 79.4 cm³/mol. The molecule has 0 aliphatic rings. The van der Waals surface area contributed by atoms with Crippen molar-refractivity contribution in [1.82, 2.24) is 0 Å². The summed E-state index contributed by atoms with van der Waals surface area (Å²) >= 11 is 0. The van der Waals surface area contributed by atoms with Crippen LogP contribution in [0.2, 0.25) is 0 Å². The summed E-state index contributed by atoms with van der Waals surface area (Å²) in [5.74, 6) is -0.705. The zero-order valence-corrected chi connectivity index (χ0v) is 14.7. The smallest absolute Gasteiger partial charge is 0.303 e. The van der Waals surface area contributed by atoms with Gasteiger partial charge in [0, 0.05) is 37.1 Å². The van der Waals surface area contributed by atoms with Crippen molar-refractivity contribution in [2.24, 2.45) is 7.05 Å². The van der Waals surface area contributed by atoms with E-state index in [0.29, 0.717) is 0 Å². The molecule has 0 amide bonds. The molecule has 2 heterocycles. The minimum Gasteiger partial charge on any atom is -1.00 e. The summed E-state index contributed by atoms with van der Waals surface area (Å²) < 4.78 is 4.16. The van der Waals surface area contributed by atoms with Crippen molar-refractivity contribution in [1.29, 1.82) is 0 Å². The van der Waals surface area contributed by atoms with E-state index in [1.165, 1.54) is 11.1 Å². The number of rotatable bonds is 7. The Morgan fingerprint density at radius 3 is 1.96 bits per heavy atom. The van der Waals surface area contributed by atoms with Crippen LogP contribution in [0.25, 0.3) is 11.1 Å². The summed E-state index contributed by atoms with van der Waals surface area (Å²) in [6.07, 6.45) is 11.2. The van der Waals surface area contributed by atoms with Crippen molar-refractivity contribution in [2.75, 3.05) is 0 Å². The fraction of sp³-hybridized carbons (Fsp3) is 0.353. The van der Waals surface area contributed by atoms with Crippen LogP contribution in [0.1, 0.15) is 25.7 Å². The van der Waals surface area contributed by atoms with Gasteiger partial charge < -0.3 is 29.9 Å². The first-order chi connectivity index (χ1) is 10.1. The summed E-state index contributed by atoms with van der Waals surface area (Å²) in [6, 6.07) is 8.44. The van der Waals surface area contributed by atoms with Gasteiger partial charge in [-0.2, -0.15) is 0 Å². The third-order valence-electron chi connectivity index (χ3n) is 3.51. The number of aliphatic carboxylic acids is 1. The van der Waals surface area contributed by atoms with Crippen LogP contribution in [-0.4, -0.2) is 11.1 Å². The van der Waals surface area contributed by atoms with Crippen molar-refractivity contribution in [3.63, 3.8) is 0 Å². The maximum absolute atomic E-state index is 10.4. The molecule has 126 valence electrons. The molecule has 0 spiro atoms. The molecule has 23 heavy (non-hydrogen) atoms. The standard InChI is InChI=1S/C17H21N2O2.2ClH/c1-18-11-6-15(7-12-18)16-8-13-19(14-9-16)10-4-2-3-5-17(20)21;;/h6-9,11-14H,2-5,10H2,1H3;2*1H/q+1;;/p-1. The van der Waals surface area contributed by atoms with E-state index < -0.39 is 5.97 Å². The van der Waals surface area contributed by atoms with E-state index in [4.69, 9.17) is 5.11 Å². The van der Waals surface area contributed by atoms with Crippen molar-refractivity contribution >= 4 is 5.97 Å². The zero-order valence-electron chi connectivity index (χ0n) is 13.2. The maximum Gasteiger partial charge on any atom is 0.303 e. The minimum atomic E-state index is -0.705. The second-order valence-corrected chi connectivity index (χ2v) is 5.28. The number of carboxylic acids is 1. The Bertz CT molecular complexity index is 587. The van der Waals surface area contributed by atoms with Crippen LogP contribution < -0.4 is 33.9 Å². The molecule has 0 fully saturated rings. The van der Waals surface area contributed by atoms with E-state index in [0.717, 1.165) is 25.8 Å². The van der Waals surface area contributed by atoms with Gasteiger partial charge in [-0.1, -0.05) is 0 Å². The first kappa shape index (κ1) is 21.4. The number of aromatic nitrogens is 2. The lowest BCUT2D eigenvalue weighted by molar-refractivity contribution is -0.697.